The highest BCUT2D eigenvalue weighted by Gasteiger charge is 2.32. The molecular formula is C15H25NO. The van der Waals surface area contributed by atoms with Gasteiger partial charge in [0.05, 0.1) is 6.26 Å². The Morgan fingerprint density at radius 2 is 2.29 bits per heavy atom. The van der Waals surface area contributed by atoms with E-state index >= 15 is 0 Å². The zero-order valence-electron chi connectivity index (χ0n) is 11.3. The maximum atomic E-state index is 5.41. The van der Waals surface area contributed by atoms with Gasteiger partial charge in [0.25, 0.3) is 0 Å². The Balaban J connectivity index is 1.87. The summed E-state index contributed by atoms with van der Waals surface area (Å²) in [6.07, 6.45) is 8.16. The SMILES string of the molecule is CC(Cc1ccco1)NC1CCCCC1(C)C. The fourth-order valence-corrected chi connectivity index (χ4v) is 2.94. The van der Waals surface area contributed by atoms with E-state index in [1.54, 1.807) is 6.26 Å². The van der Waals surface area contributed by atoms with Crippen LogP contribution in [0, 0.1) is 5.41 Å². The van der Waals surface area contributed by atoms with Gasteiger partial charge in [-0.3, -0.25) is 0 Å². The molecule has 2 nitrogen and oxygen atoms in total. The first-order valence-corrected chi connectivity index (χ1v) is 6.86. The van der Waals surface area contributed by atoms with Gasteiger partial charge in [0.1, 0.15) is 5.76 Å². The largest absolute Gasteiger partial charge is 0.469 e. The minimum absolute atomic E-state index is 0.440. The van der Waals surface area contributed by atoms with E-state index in [0.29, 0.717) is 17.5 Å². The molecule has 0 aliphatic heterocycles. The summed E-state index contributed by atoms with van der Waals surface area (Å²) in [5, 5.41) is 3.79. The first kappa shape index (κ1) is 12.7. The lowest BCUT2D eigenvalue weighted by Crippen LogP contribution is -2.48. The fraction of sp³-hybridized carbons (Fsp3) is 0.733. The van der Waals surface area contributed by atoms with Gasteiger partial charge < -0.3 is 9.73 Å². The van der Waals surface area contributed by atoms with Crippen molar-refractivity contribution in [1.29, 1.82) is 0 Å². The fourth-order valence-electron chi connectivity index (χ4n) is 2.94. The van der Waals surface area contributed by atoms with E-state index in [1.807, 2.05) is 6.07 Å². The third-order valence-corrected chi connectivity index (χ3v) is 4.08. The van der Waals surface area contributed by atoms with Crippen molar-refractivity contribution in [2.24, 2.45) is 5.41 Å². The van der Waals surface area contributed by atoms with Crippen LogP contribution in [0.3, 0.4) is 0 Å². The van der Waals surface area contributed by atoms with Crippen molar-refractivity contribution in [3.05, 3.63) is 24.2 Å². The molecule has 1 heterocycles. The molecule has 1 aromatic rings. The highest BCUT2D eigenvalue weighted by atomic mass is 16.3. The average Bonchev–Trinajstić information content (AvgIpc) is 2.73. The second-order valence-corrected chi connectivity index (χ2v) is 6.14. The van der Waals surface area contributed by atoms with Gasteiger partial charge in [-0.15, -0.1) is 0 Å². The van der Waals surface area contributed by atoms with Crippen LogP contribution in [0.15, 0.2) is 22.8 Å². The zero-order valence-corrected chi connectivity index (χ0v) is 11.3. The lowest BCUT2D eigenvalue weighted by atomic mass is 9.73. The Hall–Kier alpha value is -0.760. The van der Waals surface area contributed by atoms with Gasteiger partial charge >= 0.3 is 0 Å². The molecule has 17 heavy (non-hydrogen) atoms. The molecule has 0 saturated heterocycles. The quantitative estimate of drug-likeness (QED) is 0.859. The average molecular weight is 235 g/mol. The van der Waals surface area contributed by atoms with E-state index in [4.69, 9.17) is 4.42 Å². The first-order chi connectivity index (χ1) is 8.08. The highest BCUT2D eigenvalue weighted by molar-refractivity contribution is 5.01. The van der Waals surface area contributed by atoms with Crippen LogP contribution < -0.4 is 5.32 Å². The standard InChI is InChI=1S/C15H25NO/c1-12(11-13-7-6-10-17-13)16-14-8-4-5-9-15(14,2)3/h6-7,10,12,14,16H,4-5,8-9,11H2,1-3H3. The van der Waals surface area contributed by atoms with Crippen molar-refractivity contribution in [2.75, 3.05) is 0 Å². The number of hydrogen-bond acceptors (Lipinski definition) is 2. The number of nitrogens with one attached hydrogen (secondary N) is 1. The van der Waals surface area contributed by atoms with Gasteiger partial charge in [-0.05, 0) is 37.3 Å². The molecule has 1 saturated carbocycles. The highest BCUT2D eigenvalue weighted by Crippen LogP contribution is 2.35. The Kier molecular flexibility index (Phi) is 3.93. The van der Waals surface area contributed by atoms with Gasteiger partial charge in [0.2, 0.25) is 0 Å². The summed E-state index contributed by atoms with van der Waals surface area (Å²) in [6, 6.07) is 5.17. The Labute approximate surface area is 105 Å². The lowest BCUT2D eigenvalue weighted by molar-refractivity contribution is 0.156. The summed E-state index contributed by atoms with van der Waals surface area (Å²) >= 11 is 0. The van der Waals surface area contributed by atoms with Crippen LogP contribution in [-0.4, -0.2) is 12.1 Å². The van der Waals surface area contributed by atoms with Gasteiger partial charge in [0, 0.05) is 18.5 Å². The molecule has 0 bridgehead atoms. The van der Waals surface area contributed by atoms with Crippen molar-refractivity contribution in [2.45, 2.75) is 65.0 Å². The normalized spacial score (nSPS) is 25.7. The summed E-state index contributed by atoms with van der Waals surface area (Å²) < 4.78 is 5.41. The van der Waals surface area contributed by atoms with E-state index in [2.05, 4.69) is 32.2 Å². The van der Waals surface area contributed by atoms with Crippen LogP contribution in [-0.2, 0) is 6.42 Å². The molecule has 1 aromatic heterocycles. The number of hydrogen-bond donors (Lipinski definition) is 1. The molecule has 2 rings (SSSR count). The summed E-state index contributed by atoms with van der Waals surface area (Å²) in [7, 11) is 0. The van der Waals surface area contributed by atoms with E-state index in [0.717, 1.165) is 12.2 Å². The van der Waals surface area contributed by atoms with Crippen LogP contribution in [0.5, 0.6) is 0 Å². The molecule has 2 unspecified atom stereocenters. The van der Waals surface area contributed by atoms with E-state index < -0.39 is 0 Å². The monoisotopic (exact) mass is 235 g/mol. The first-order valence-electron chi connectivity index (χ1n) is 6.86. The molecule has 0 aromatic carbocycles. The second kappa shape index (κ2) is 5.26. The molecule has 1 N–H and O–H groups in total. The van der Waals surface area contributed by atoms with E-state index in [9.17, 15) is 0 Å². The molecule has 1 aliphatic rings. The molecule has 1 fully saturated rings. The molecule has 2 heteroatoms. The molecule has 96 valence electrons. The van der Waals surface area contributed by atoms with Crippen molar-refractivity contribution in [1.82, 2.24) is 5.32 Å². The molecule has 0 amide bonds. The van der Waals surface area contributed by atoms with Crippen LogP contribution in [0.1, 0.15) is 52.2 Å². The predicted octanol–water partition coefficient (Wildman–Crippen LogP) is 3.77. The number of rotatable bonds is 4. The molecule has 1 aliphatic carbocycles. The molecule has 0 spiro atoms. The third kappa shape index (κ3) is 3.35. The summed E-state index contributed by atoms with van der Waals surface area (Å²) in [4.78, 5) is 0. The smallest absolute Gasteiger partial charge is 0.105 e. The Bertz CT molecular complexity index is 329. The topological polar surface area (TPSA) is 25.2 Å². The Morgan fingerprint density at radius 1 is 1.47 bits per heavy atom. The maximum absolute atomic E-state index is 5.41. The maximum Gasteiger partial charge on any atom is 0.105 e. The van der Waals surface area contributed by atoms with Crippen molar-refractivity contribution < 1.29 is 4.42 Å². The van der Waals surface area contributed by atoms with Gasteiger partial charge in [-0.2, -0.15) is 0 Å². The van der Waals surface area contributed by atoms with E-state index in [1.165, 1.54) is 25.7 Å². The minimum Gasteiger partial charge on any atom is -0.469 e. The summed E-state index contributed by atoms with van der Waals surface area (Å²) in [6.45, 7) is 7.04. The van der Waals surface area contributed by atoms with Gasteiger partial charge in [-0.25, -0.2) is 0 Å². The molecule has 0 radical (unpaired) electrons. The second-order valence-electron chi connectivity index (χ2n) is 6.14. The summed E-state index contributed by atoms with van der Waals surface area (Å²) in [5.74, 6) is 1.08. The van der Waals surface area contributed by atoms with Gasteiger partial charge in [0.15, 0.2) is 0 Å². The molecule has 2 atom stereocenters. The third-order valence-electron chi connectivity index (χ3n) is 4.08. The number of furan rings is 1. The Morgan fingerprint density at radius 3 is 2.94 bits per heavy atom. The lowest BCUT2D eigenvalue weighted by Gasteiger charge is -2.40. The van der Waals surface area contributed by atoms with Crippen molar-refractivity contribution >= 4 is 0 Å². The predicted molar refractivity (Wildman–Crippen MR) is 71.0 cm³/mol. The zero-order chi connectivity index (χ0) is 12.3. The van der Waals surface area contributed by atoms with Gasteiger partial charge in [-0.1, -0.05) is 26.7 Å². The minimum atomic E-state index is 0.440. The molecular weight excluding hydrogens is 210 g/mol. The van der Waals surface area contributed by atoms with Crippen LogP contribution in [0.25, 0.3) is 0 Å². The van der Waals surface area contributed by atoms with E-state index in [-0.39, 0.29) is 0 Å². The van der Waals surface area contributed by atoms with Crippen molar-refractivity contribution in [3.63, 3.8) is 0 Å². The van der Waals surface area contributed by atoms with Crippen LogP contribution >= 0.6 is 0 Å². The van der Waals surface area contributed by atoms with Crippen molar-refractivity contribution in [3.8, 4) is 0 Å². The van der Waals surface area contributed by atoms with Crippen LogP contribution in [0.4, 0.5) is 0 Å². The summed E-state index contributed by atoms with van der Waals surface area (Å²) in [5.41, 5.74) is 0.440. The van der Waals surface area contributed by atoms with Crippen LogP contribution in [0.2, 0.25) is 0 Å².